The van der Waals surface area contributed by atoms with E-state index in [1.54, 1.807) is 0 Å². The van der Waals surface area contributed by atoms with Crippen molar-refractivity contribution in [1.82, 2.24) is 0 Å². The van der Waals surface area contributed by atoms with Gasteiger partial charge in [0, 0.05) is 16.8 Å². The molecule has 0 aromatic heterocycles. The van der Waals surface area contributed by atoms with Gasteiger partial charge in [-0.1, -0.05) is 170 Å². The summed E-state index contributed by atoms with van der Waals surface area (Å²) in [6, 6.07) is 76.8. The van der Waals surface area contributed by atoms with Gasteiger partial charge in [0.1, 0.15) is 0 Å². The molecule has 9 aromatic rings. The fraction of sp³-hybridized carbons (Fsp3) is 0. The molecule has 0 unspecified atom stereocenters. The third kappa shape index (κ3) is 5.96. The van der Waals surface area contributed by atoms with E-state index in [0.717, 1.165) is 17.1 Å². The highest BCUT2D eigenvalue weighted by molar-refractivity contribution is 6.00. The summed E-state index contributed by atoms with van der Waals surface area (Å²) in [7, 11) is 0. The summed E-state index contributed by atoms with van der Waals surface area (Å²) in [5, 5.41) is 4.93. The highest BCUT2D eigenvalue weighted by Crippen LogP contribution is 2.43. The molecule has 0 aliphatic rings. The molecule has 51 heavy (non-hydrogen) atoms. The molecule has 0 N–H and O–H groups in total. The third-order valence-electron chi connectivity index (χ3n) is 9.80. The summed E-state index contributed by atoms with van der Waals surface area (Å²) in [6.07, 6.45) is 0. The van der Waals surface area contributed by atoms with Gasteiger partial charge >= 0.3 is 0 Å². The van der Waals surface area contributed by atoms with Crippen molar-refractivity contribution in [3.8, 4) is 44.5 Å². The average Bonchev–Trinajstić information content (AvgIpc) is 3.21. The standard InChI is InChI=1S/C50H35N/c1-3-15-36(16-4-1)43-32-44(37-17-5-2-6-18-37)35-46(34-43)51(50-30-14-22-39-20-8-10-28-49(39)50)45-26-12-24-41(33-45)40-23-11-25-42(31-40)48-29-13-21-38-19-7-9-27-47(38)48/h1-35H. The lowest BCUT2D eigenvalue weighted by Gasteiger charge is -2.28. The minimum absolute atomic E-state index is 1.10. The van der Waals surface area contributed by atoms with Crippen molar-refractivity contribution in [3.63, 3.8) is 0 Å². The lowest BCUT2D eigenvalue weighted by molar-refractivity contribution is 1.30. The molecule has 0 amide bonds. The second-order valence-corrected chi connectivity index (χ2v) is 13.0. The van der Waals surface area contributed by atoms with Crippen molar-refractivity contribution in [1.29, 1.82) is 0 Å². The summed E-state index contributed by atoms with van der Waals surface area (Å²) >= 11 is 0. The summed E-state index contributed by atoms with van der Waals surface area (Å²) in [6.45, 7) is 0. The van der Waals surface area contributed by atoms with Gasteiger partial charge in [0.25, 0.3) is 0 Å². The molecule has 0 heterocycles. The van der Waals surface area contributed by atoms with E-state index >= 15 is 0 Å². The lowest BCUT2D eigenvalue weighted by atomic mass is 9.95. The van der Waals surface area contributed by atoms with Crippen LogP contribution >= 0.6 is 0 Å². The van der Waals surface area contributed by atoms with Crippen LogP contribution in [0.15, 0.2) is 212 Å². The molecule has 1 heteroatoms. The molecular weight excluding hydrogens is 615 g/mol. The van der Waals surface area contributed by atoms with Gasteiger partial charge in [-0.3, -0.25) is 0 Å². The number of hydrogen-bond donors (Lipinski definition) is 0. The zero-order chi connectivity index (χ0) is 34.0. The Bertz CT molecular complexity index is 2570. The number of nitrogens with zero attached hydrogens (tertiary/aromatic N) is 1. The van der Waals surface area contributed by atoms with Crippen LogP contribution in [0.1, 0.15) is 0 Å². The number of benzene rings is 9. The third-order valence-corrected chi connectivity index (χ3v) is 9.80. The van der Waals surface area contributed by atoms with Gasteiger partial charge in [0.2, 0.25) is 0 Å². The van der Waals surface area contributed by atoms with Gasteiger partial charge in [-0.2, -0.15) is 0 Å². The topological polar surface area (TPSA) is 3.24 Å². The number of hydrogen-bond acceptors (Lipinski definition) is 1. The molecular formula is C50H35N. The Hall–Kier alpha value is -6.70. The first-order valence-corrected chi connectivity index (χ1v) is 17.5. The monoisotopic (exact) mass is 649 g/mol. The molecule has 0 saturated heterocycles. The fourth-order valence-electron chi connectivity index (χ4n) is 7.33. The first-order chi connectivity index (χ1) is 25.3. The van der Waals surface area contributed by atoms with Crippen LogP contribution in [0.3, 0.4) is 0 Å². The molecule has 9 rings (SSSR count). The quantitative estimate of drug-likeness (QED) is 0.166. The maximum atomic E-state index is 2.43. The number of rotatable bonds is 7. The highest BCUT2D eigenvalue weighted by atomic mass is 15.1. The Morgan fingerprint density at radius 2 is 0.706 bits per heavy atom. The maximum Gasteiger partial charge on any atom is 0.0540 e. The Kier molecular flexibility index (Phi) is 7.92. The number of fused-ring (bicyclic) bond motifs is 2. The van der Waals surface area contributed by atoms with Gasteiger partial charge < -0.3 is 4.90 Å². The molecule has 0 saturated carbocycles. The van der Waals surface area contributed by atoms with E-state index in [1.807, 2.05) is 0 Å². The van der Waals surface area contributed by atoms with Crippen LogP contribution in [0.4, 0.5) is 17.1 Å². The predicted octanol–water partition coefficient (Wildman–Crippen LogP) is 14.1. The normalized spacial score (nSPS) is 11.1. The van der Waals surface area contributed by atoms with Crippen LogP contribution in [-0.4, -0.2) is 0 Å². The van der Waals surface area contributed by atoms with Crippen LogP contribution < -0.4 is 4.90 Å². The van der Waals surface area contributed by atoms with Crippen LogP contribution in [0.25, 0.3) is 66.1 Å². The van der Waals surface area contributed by atoms with Crippen molar-refractivity contribution in [3.05, 3.63) is 212 Å². The molecule has 0 bridgehead atoms. The first-order valence-electron chi connectivity index (χ1n) is 17.5. The summed E-state index contributed by atoms with van der Waals surface area (Å²) in [5.41, 5.74) is 12.9. The van der Waals surface area contributed by atoms with Crippen molar-refractivity contribution < 1.29 is 0 Å². The summed E-state index contributed by atoms with van der Waals surface area (Å²) in [4.78, 5) is 2.43. The SMILES string of the molecule is c1ccc(-c2cc(-c3ccccc3)cc(N(c3cccc(-c4cccc(-c5cccc6ccccc56)c4)c3)c3cccc4ccccc34)c2)cc1. The van der Waals surface area contributed by atoms with Crippen LogP contribution in [-0.2, 0) is 0 Å². The Morgan fingerprint density at radius 1 is 0.255 bits per heavy atom. The van der Waals surface area contributed by atoms with Crippen molar-refractivity contribution in [2.75, 3.05) is 4.90 Å². The maximum absolute atomic E-state index is 2.43. The Balaban J connectivity index is 1.24. The van der Waals surface area contributed by atoms with Crippen molar-refractivity contribution in [2.45, 2.75) is 0 Å². The zero-order valence-electron chi connectivity index (χ0n) is 28.2. The molecule has 9 aromatic carbocycles. The van der Waals surface area contributed by atoms with Crippen LogP contribution in [0.2, 0.25) is 0 Å². The average molecular weight is 650 g/mol. The van der Waals surface area contributed by atoms with Gasteiger partial charge in [0.05, 0.1) is 5.69 Å². The zero-order valence-corrected chi connectivity index (χ0v) is 28.2. The lowest BCUT2D eigenvalue weighted by Crippen LogP contribution is -2.11. The van der Waals surface area contributed by atoms with E-state index in [-0.39, 0.29) is 0 Å². The molecule has 0 fully saturated rings. The largest absolute Gasteiger partial charge is 0.310 e. The van der Waals surface area contributed by atoms with Crippen LogP contribution in [0, 0.1) is 0 Å². The molecule has 240 valence electrons. The van der Waals surface area contributed by atoms with E-state index in [0.29, 0.717) is 0 Å². The van der Waals surface area contributed by atoms with Gasteiger partial charge in [0.15, 0.2) is 0 Å². The molecule has 1 nitrogen and oxygen atoms in total. The van der Waals surface area contributed by atoms with Crippen molar-refractivity contribution in [2.24, 2.45) is 0 Å². The van der Waals surface area contributed by atoms with E-state index in [4.69, 9.17) is 0 Å². The van der Waals surface area contributed by atoms with Gasteiger partial charge in [-0.05, 0) is 103 Å². The van der Waals surface area contributed by atoms with Crippen molar-refractivity contribution >= 4 is 38.6 Å². The van der Waals surface area contributed by atoms with Crippen LogP contribution in [0.5, 0.6) is 0 Å². The second kappa shape index (κ2) is 13.3. The fourth-order valence-corrected chi connectivity index (χ4v) is 7.33. The van der Waals surface area contributed by atoms with Gasteiger partial charge in [-0.15, -0.1) is 0 Å². The summed E-state index contributed by atoms with van der Waals surface area (Å²) < 4.78 is 0. The Labute approximate surface area is 299 Å². The summed E-state index contributed by atoms with van der Waals surface area (Å²) in [5.74, 6) is 0. The van der Waals surface area contributed by atoms with E-state index in [2.05, 4.69) is 217 Å². The number of anilines is 3. The molecule has 0 radical (unpaired) electrons. The molecule has 0 spiro atoms. The first kappa shape index (κ1) is 30.4. The van der Waals surface area contributed by atoms with E-state index < -0.39 is 0 Å². The Morgan fingerprint density at radius 3 is 1.41 bits per heavy atom. The van der Waals surface area contributed by atoms with Gasteiger partial charge in [-0.25, -0.2) is 0 Å². The highest BCUT2D eigenvalue weighted by Gasteiger charge is 2.19. The molecule has 0 atom stereocenters. The minimum atomic E-state index is 1.10. The molecule has 0 aliphatic heterocycles. The minimum Gasteiger partial charge on any atom is -0.310 e. The second-order valence-electron chi connectivity index (χ2n) is 13.0. The van der Waals surface area contributed by atoms with E-state index in [1.165, 1.54) is 66.1 Å². The smallest absolute Gasteiger partial charge is 0.0540 e. The predicted molar refractivity (Wildman–Crippen MR) is 218 cm³/mol. The molecule has 0 aliphatic carbocycles. The van der Waals surface area contributed by atoms with E-state index in [9.17, 15) is 0 Å².